The number of hydrogen-bond donors (Lipinski definition) is 2. The van der Waals surface area contributed by atoms with Crippen molar-refractivity contribution in [3.8, 4) is 11.8 Å². The van der Waals surface area contributed by atoms with Crippen LogP contribution in [0.3, 0.4) is 0 Å². The summed E-state index contributed by atoms with van der Waals surface area (Å²) in [6.07, 6.45) is 0.662. The lowest BCUT2D eigenvalue weighted by Crippen LogP contribution is -2.33. The number of fused-ring (bicyclic) bond motifs is 1. The summed E-state index contributed by atoms with van der Waals surface area (Å²) in [7, 11) is 3.45. The van der Waals surface area contributed by atoms with Gasteiger partial charge in [0.1, 0.15) is 17.6 Å². The molecule has 6 nitrogen and oxygen atoms in total. The lowest BCUT2D eigenvalue weighted by molar-refractivity contribution is -0.0399. The van der Waals surface area contributed by atoms with Crippen molar-refractivity contribution in [3.05, 3.63) is 41.0 Å². The highest BCUT2D eigenvalue weighted by molar-refractivity contribution is 5.71. The number of anilines is 3. The van der Waals surface area contributed by atoms with Crippen molar-refractivity contribution >= 4 is 17.3 Å². The Bertz CT molecular complexity index is 840. The molecule has 0 spiro atoms. The largest absolute Gasteiger partial charge is 0.497 e. The molecule has 6 heteroatoms. The molecule has 0 fully saturated rings. The monoisotopic (exact) mass is 338 g/mol. The number of pyridine rings is 1. The predicted octanol–water partition coefficient (Wildman–Crippen LogP) is 3.60. The molecule has 1 aromatic heterocycles. The first-order valence-electron chi connectivity index (χ1n) is 8.16. The van der Waals surface area contributed by atoms with E-state index in [4.69, 9.17) is 9.47 Å². The van der Waals surface area contributed by atoms with E-state index in [1.54, 1.807) is 7.11 Å². The topological polar surface area (TPSA) is 79.2 Å². The third kappa shape index (κ3) is 3.37. The maximum Gasteiger partial charge on any atom is 0.151 e. The molecule has 0 atom stereocenters. The second-order valence-corrected chi connectivity index (χ2v) is 6.59. The molecule has 0 aliphatic carbocycles. The average Bonchev–Trinajstić information content (AvgIpc) is 2.60. The minimum atomic E-state index is -0.307. The van der Waals surface area contributed by atoms with Crippen LogP contribution in [0.5, 0.6) is 5.75 Å². The maximum absolute atomic E-state index is 9.77. The summed E-state index contributed by atoms with van der Waals surface area (Å²) >= 11 is 0. The number of nitrogens with zero attached hydrogens (tertiary/aromatic N) is 2. The van der Waals surface area contributed by atoms with Gasteiger partial charge in [-0.05, 0) is 31.5 Å². The minimum absolute atomic E-state index is 0.307. The molecule has 0 unspecified atom stereocenters. The number of nitrogens with one attached hydrogen (secondary N) is 2. The first-order valence-corrected chi connectivity index (χ1v) is 8.16. The quantitative estimate of drug-likeness (QED) is 0.887. The minimum Gasteiger partial charge on any atom is -0.497 e. The number of ether oxygens (including phenoxy) is 2. The van der Waals surface area contributed by atoms with Crippen LogP contribution in [-0.2, 0) is 17.8 Å². The molecule has 0 radical (unpaired) electrons. The standard InChI is InChI=1S/C19H22N4O2/c1-19(2)9-14-15(10-20)18(23-17(21-3)16(14)11-25-19)22-12-6-5-7-13(8-12)24-4/h5-8H,9,11H2,1-4H3,(H2,21,22,23). The Morgan fingerprint density at radius 2 is 2.08 bits per heavy atom. The number of nitriles is 1. The zero-order valence-electron chi connectivity index (χ0n) is 14.9. The summed E-state index contributed by atoms with van der Waals surface area (Å²) in [5.41, 5.74) is 3.01. The molecule has 1 aromatic carbocycles. The molecule has 0 amide bonds. The fraction of sp³-hybridized carbons (Fsp3) is 0.368. The van der Waals surface area contributed by atoms with Crippen LogP contribution in [0.2, 0.25) is 0 Å². The molecule has 1 aliphatic rings. The fourth-order valence-corrected chi connectivity index (χ4v) is 3.02. The zero-order chi connectivity index (χ0) is 18.0. The Labute approximate surface area is 147 Å². The van der Waals surface area contributed by atoms with E-state index in [1.807, 2.05) is 45.2 Å². The van der Waals surface area contributed by atoms with Gasteiger partial charge in [0.2, 0.25) is 0 Å². The van der Waals surface area contributed by atoms with Crippen LogP contribution in [0.4, 0.5) is 17.3 Å². The highest BCUT2D eigenvalue weighted by atomic mass is 16.5. The number of benzene rings is 1. The first-order chi connectivity index (χ1) is 12.0. The highest BCUT2D eigenvalue weighted by Crippen LogP contribution is 2.37. The van der Waals surface area contributed by atoms with Crippen molar-refractivity contribution in [2.24, 2.45) is 0 Å². The third-order valence-corrected chi connectivity index (χ3v) is 4.30. The fourth-order valence-electron chi connectivity index (χ4n) is 3.02. The second-order valence-electron chi connectivity index (χ2n) is 6.59. The number of hydrogen-bond acceptors (Lipinski definition) is 6. The Morgan fingerprint density at radius 1 is 1.28 bits per heavy atom. The number of aromatic nitrogens is 1. The van der Waals surface area contributed by atoms with E-state index in [1.165, 1.54) is 0 Å². The van der Waals surface area contributed by atoms with Crippen molar-refractivity contribution in [2.75, 3.05) is 24.8 Å². The van der Waals surface area contributed by atoms with E-state index in [0.717, 1.165) is 28.4 Å². The van der Waals surface area contributed by atoms with Crippen molar-refractivity contribution in [1.29, 1.82) is 5.26 Å². The van der Waals surface area contributed by atoms with Gasteiger partial charge in [0.15, 0.2) is 5.82 Å². The number of rotatable bonds is 4. The molecule has 3 rings (SSSR count). The van der Waals surface area contributed by atoms with Crippen molar-refractivity contribution in [1.82, 2.24) is 4.98 Å². The van der Waals surface area contributed by atoms with Gasteiger partial charge < -0.3 is 20.1 Å². The Hall–Kier alpha value is -2.78. The molecule has 1 aliphatic heterocycles. The summed E-state index contributed by atoms with van der Waals surface area (Å²) in [6.45, 7) is 4.51. The molecular weight excluding hydrogens is 316 g/mol. The Balaban J connectivity index is 2.09. The van der Waals surface area contributed by atoms with Gasteiger partial charge >= 0.3 is 0 Å². The lowest BCUT2D eigenvalue weighted by atomic mass is 9.89. The molecular formula is C19H22N4O2. The van der Waals surface area contributed by atoms with Crippen LogP contribution in [0.25, 0.3) is 0 Å². The Morgan fingerprint density at radius 3 is 2.76 bits per heavy atom. The van der Waals surface area contributed by atoms with E-state index in [-0.39, 0.29) is 5.60 Å². The zero-order valence-corrected chi connectivity index (χ0v) is 14.9. The maximum atomic E-state index is 9.77. The summed E-state index contributed by atoms with van der Waals surface area (Å²) in [4.78, 5) is 4.61. The molecule has 0 bridgehead atoms. The molecule has 2 N–H and O–H groups in total. The van der Waals surface area contributed by atoms with Crippen molar-refractivity contribution in [3.63, 3.8) is 0 Å². The second kappa shape index (κ2) is 6.61. The van der Waals surface area contributed by atoms with Gasteiger partial charge in [-0.3, -0.25) is 0 Å². The lowest BCUT2D eigenvalue weighted by Gasteiger charge is -2.33. The summed E-state index contributed by atoms with van der Waals surface area (Å²) < 4.78 is 11.2. The molecule has 2 aromatic rings. The van der Waals surface area contributed by atoms with E-state index < -0.39 is 0 Å². The Kier molecular flexibility index (Phi) is 4.51. The van der Waals surface area contributed by atoms with Crippen LogP contribution in [-0.4, -0.2) is 24.7 Å². The number of methoxy groups -OCH3 is 1. The smallest absolute Gasteiger partial charge is 0.151 e. The van der Waals surface area contributed by atoms with Gasteiger partial charge in [0, 0.05) is 30.8 Å². The van der Waals surface area contributed by atoms with Gasteiger partial charge in [-0.15, -0.1) is 0 Å². The highest BCUT2D eigenvalue weighted by Gasteiger charge is 2.31. The van der Waals surface area contributed by atoms with Crippen LogP contribution < -0.4 is 15.4 Å². The SMILES string of the molecule is CNc1nc(Nc2cccc(OC)c2)c(C#N)c2c1COC(C)(C)C2. The average molecular weight is 338 g/mol. The van der Waals surface area contributed by atoms with Gasteiger partial charge in [-0.25, -0.2) is 4.98 Å². The van der Waals surface area contributed by atoms with E-state index in [9.17, 15) is 5.26 Å². The predicted molar refractivity (Wildman–Crippen MR) is 97.3 cm³/mol. The summed E-state index contributed by atoms with van der Waals surface area (Å²) in [5.74, 6) is 2.01. The van der Waals surface area contributed by atoms with Crippen LogP contribution in [0.1, 0.15) is 30.5 Å². The normalized spacial score (nSPS) is 15.0. The van der Waals surface area contributed by atoms with E-state index >= 15 is 0 Å². The van der Waals surface area contributed by atoms with Crippen molar-refractivity contribution in [2.45, 2.75) is 32.5 Å². The first kappa shape index (κ1) is 17.1. The van der Waals surface area contributed by atoms with Crippen LogP contribution in [0, 0.1) is 11.3 Å². The molecule has 25 heavy (non-hydrogen) atoms. The summed E-state index contributed by atoms with van der Waals surface area (Å²) in [5, 5.41) is 16.1. The molecule has 0 saturated heterocycles. The van der Waals surface area contributed by atoms with Gasteiger partial charge in [0.25, 0.3) is 0 Å². The van der Waals surface area contributed by atoms with Crippen LogP contribution in [0.15, 0.2) is 24.3 Å². The van der Waals surface area contributed by atoms with Crippen LogP contribution >= 0.6 is 0 Å². The van der Waals surface area contributed by atoms with Gasteiger partial charge in [-0.2, -0.15) is 5.26 Å². The van der Waals surface area contributed by atoms with Gasteiger partial charge in [0.05, 0.1) is 24.9 Å². The molecule has 130 valence electrons. The summed E-state index contributed by atoms with van der Waals surface area (Å²) in [6, 6.07) is 9.87. The third-order valence-electron chi connectivity index (χ3n) is 4.30. The molecule has 2 heterocycles. The van der Waals surface area contributed by atoms with E-state index in [2.05, 4.69) is 21.7 Å². The van der Waals surface area contributed by atoms with Crippen molar-refractivity contribution < 1.29 is 9.47 Å². The van der Waals surface area contributed by atoms with Gasteiger partial charge in [-0.1, -0.05) is 6.07 Å². The van der Waals surface area contributed by atoms with E-state index in [0.29, 0.717) is 24.4 Å². The molecule has 0 saturated carbocycles.